The molecule has 0 radical (unpaired) electrons. The van der Waals surface area contributed by atoms with Gasteiger partial charge in [0.2, 0.25) is 5.91 Å². The summed E-state index contributed by atoms with van der Waals surface area (Å²) in [6.07, 6.45) is 1.60. The van der Waals surface area contributed by atoms with E-state index in [2.05, 4.69) is 20.6 Å². The lowest BCUT2D eigenvalue weighted by atomic mass is 10.3. The number of carbonyl (C=O) groups is 1. The van der Waals surface area contributed by atoms with Crippen LogP contribution in [0.4, 0.5) is 11.6 Å². The molecule has 0 unspecified atom stereocenters. The number of hydrogen-bond acceptors (Lipinski definition) is 5. The number of hydrogen-bond donors (Lipinski definition) is 2. The van der Waals surface area contributed by atoms with Gasteiger partial charge in [-0.15, -0.1) is 0 Å². The first-order valence-corrected chi connectivity index (χ1v) is 5.60. The largest absolute Gasteiger partial charge is 0.361 e. The molecule has 6 heteroatoms. The molecule has 2 aromatic rings. The number of nitrogens with one attached hydrogen (secondary N) is 2. The van der Waals surface area contributed by atoms with Crippen LogP contribution in [0.2, 0.25) is 0 Å². The maximum atomic E-state index is 11.6. The number of anilines is 2. The summed E-state index contributed by atoms with van der Waals surface area (Å²) in [6, 6.07) is 12.2. The smallest absolute Gasteiger partial charge is 0.244 e. The Morgan fingerprint density at radius 1 is 1.21 bits per heavy atom. The number of amides is 1. The molecule has 2 aromatic heterocycles. The molecule has 0 fully saturated rings. The summed E-state index contributed by atoms with van der Waals surface area (Å²) < 4.78 is 0. The van der Waals surface area contributed by atoms with E-state index in [9.17, 15) is 4.79 Å². The van der Waals surface area contributed by atoms with E-state index in [4.69, 9.17) is 5.26 Å². The van der Waals surface area contributed by atoms with Crippen molar-refractivity contribution in [3.05, 3.63) is 48.3 Å². The zero-order valence-electron chi connectivity index (χ0n) is 10.00. The first-order valence-electron chi connectivity index (χ1n) is 5.60. The minimum absolute atomic E-state index is 0.0540. The van der Waals surface area contributed by atoms with Crippen molar-refractivity contribution in [2.75, 3.05) is 17.2 Å². The average molecular weight is 253 g/mol. The average Bonchev–Trinajstić information content (AvgIpc) is 2.46. The van der Waals surface area contributed by atoms with E-state index in [1.54, 1.807) is 42.6 Å². The molecule has 19 heavy (non-hydrogen) atoms. The third-order valence-corrected chi connectivity index (χ3v) is 2.23. The van der Waals surface area contributed by atoms with E-state index in [0.29, 0.717) is 17.3 Å². The van der Waals surface area contributed by atoms with Crippen LogP contribution in [0.1, 0.15) is 5.69 Å². The Bertz CT molecular complexity index is 606. The Hall–Kier alpha value is -2.94. The molecule has 0 saturated heterocycles. The summed E-state index contributed by atoms with van der Waals surface area (Å²) in [7, 11) is 0. The zero-order chi connectivity index (χ0) is 13.5. The number of carbonyl (C=O) groups excluding carboxylic acids is 1. The van der Waals surface area contributed by atoms with Crippen LogP contribution in [0.3, 0.4) is 0 Å². The van der Waals surface area contributed by atoms with Crippen LogP contribution in [0.5, 0.6) is 0 Å². The molecule has 2 rings (SSSR count). The van der Waals surface area contributed by atoms with Gasteiger partial charge in [-0.2, -0.15) is 5.26 Å². The summed E-state index contributed by atoms with van der Waals surface area (Å²) in [5, 5.41) is 14.2. The van der Waals surface area contributed by atoms with Gasteiger partial charge in [0.05, 0.1) is 6.54 Å². The number of nitrogens with zero attached hydrogens (tertiary/aromatic N) is 3. The van der Waals surface area contributed by atoms with Gasteiger partial charge < -0.3 is 10.6 Å². The molecule has 0 aliphatic heterocycles. The van der Waals surface area contributed by atoms with E-state index in [-0.39, 0.29) is 12.5 Å². The lowest BCUT2D eigenvalue weighted by Crippen LogP contribution is -2.22. The highest BCUT2D eigenvalue weighted by Crippen LogP contribution is 2.04. The molecule has 0 saturated carbocycles. The molecule has 2 heterocycles. The Balaban J connectivity index is 1.88. The molecule has 0 aliphatic carbocycles. The van der Waals surface area contributed by atoms with Crippen molar-refractivity contribution >= 4 is 17.5 Å². The summed E-state index contributed by atoms with van der Waals surface area (Å²) in [5.74, 6) is 0.742. The van der Waals surface area contributed by atoms with Crippen molar-refractivity contribution in [2.24, 2.45) is 0 Å². The van der Waals surface area contributed by atoms with Gasteiger partial charge in [-0.1, -0.05) is 12.1 Å². The SMILES string of the molecule is N#Cc1cccc(NCC(=O)Nc2ccccn2)n1. The van der Waals surface area contributed by atoms with Gasteiger partial charge in [-0.05, 0) is 24.3 Å². The molecule has 0 spiro atoms. The van der Waals surface area contributed by atoms with Gasteiger partial charge in [0.1, 0.15) is 23.4 Å². The number of pyridine rings is 2. The number of nitriles is 1. The molecule has 0 bridgehead atoms. The third kappa shape index (κ3) is 3.78. The number of aromatic nitrogens is 2. The maximum Gasteiger partial charge on any atom is 0.244 e. The molecular formula is C13H11N5O. The van der Waals surface area contributed by atoms with Gasteiger partial charge in [-0.25, -0.2) is 9.97 Å². The first-order chi connectivity index (χ1) is 9.28. The van der Waals surface area contributed by atoms with Gasteiger partial charge in [0.15, 0.2) is 0 Å². The van der Waals surface area contributed by atoms with Crippen molar-refractivity contribution in [1.82, 2.24) is 9.97 Å². The fourth-order valence-corrected chi connectivity index (χ4v) is 1.39. The highest BCUT2D eigenvalue weighted by Gasteiger charge is 2.03. The van der Waals surface area contributed by atoms with E-state index < -0.39 is 0 Å². The quantitative estimate of drug-likeness (QED) is 0.859. The van der Waals surface area contributed by atoms with E-state index in [1.807, 2.05) is 6.07 Å². The summed E-state index contributed by atoms with van der Waals surface area (Å²) in [5.41, 5.74) is 0.301. The third-order valence-electron chi connectivity index (χ3n) is 2.23. The second-order valence-electron chi connectivity index (χ2n) is 3.64. The topological polar surface area (TPSA) is 90.7 Å². The molecule has 94 valence electrons. The van der Waals surface area contributed by atoms with Crippen LogP contribution in [0.25, 0.3) is 0 Å². The lowest BCUT2D eigenvalue weighted by molar-refractivity contribution is -0.114. The Morgan fingerprint density at radius 2 is 2.05 bits per heavy atom. The van der Waals surface area contributed by atoms with Crippen LogP contribution >= 0.6 is 0 Å². The minimum Gasteiger partial charge on any atom is -0.361 e. The molecular weight excluding hydrogens is 242 g/mol. The molecule has 0 atom stereocenters. The fraction of sp³-hybridized carbons (Fsp3) is 0.0769. The summed E-state index contributed by atoms with van der Waals surface area (Å²) >= 11 is 0. The first kappa shape index (κ1) is 12.5. The van der Waals surface area contributed by atoms with Crippen molar-refractivity contribution in [3.8, 4) is 6.07 Å². The van der Waals surface area contributed by atoms with Crippen LogP contribution in [0, 0.1) is 11.3 Å². The van der Waals surface area contributed by atoms with Crippen molar-refractivity contribution in [3.63, 3.8) is 0 Å². The molecule has 2 N–H and O–H groups in total. The lowest BCUT2D eigenvalue weighted by Gasteiger charge is -2.06. The Morgan fingerprint density at radius 3 is 2.79 bits per heavy atom. The zero-order valence-corrected chi connectivity index (χ0v) is 10.00. The summed E-state index contributed by atoms with van der Waals surface area (Å²) in [6.45, 7) is 0.0540. The number of rotatable bonds is 4. The molecule has 0 aliphatic rings. The van der Waals surface area contributed by atoms with Gasteiger partial charge in [-0.3, -0.25) is 4.79 Å². The van der Waals surface area contributed by atoms with Crippen molar-refractivity contribution < 1.29 is 4.79 Å². The van der Waals surface area contributed by atoms with Crippen LogP contribution in [-0.2, 0) is 4.79 Å². The van der Waals surface area contributed by atoms with E-state index in [0.717, 1.165) is 0 Å². The highest BCUT2D eigenvalue weighted by atomic mass is 16.1. The van der Waals surface area contributed by atoms with Gasteiger partial charge in [0.25, 0.3) is 0 Å². The van der Waals surface area contributed by atoms with Crippen LogP contribution < -0.4 is 10.6 Å². The second-order valence-corrected chi connectivity index (χ2v) is 3.64. The van der Waals surface area contributed by atoms with E-state index in [1.165, 1.54) is 0 Å². The Kier molecular flexibility index (Phi) is 4.03. The molecule has 6 nitrogen and oxygen atoms in total. The van der Waals surface area contributed by atoms with E-state index >= 15 is 0 Å². The van der Waals surface area contributed by atoms with Crippen LogP contribution in [0.15, 0.2) is 42.6 Å². The summed E-state index contributed by atoms with van der Waals surface area (Å²) in [4.78, 5) is 19.6. The fourth-order valence-electron chi connectivity index (χ4n) is 1.39. The predicted octanol–water partition coefficient (Wildman–Crippen LogP) is 1.40. The van der Waals surface area contributed by atoms with Gasteiger partial charge in [0, 0.05) is 6.20 Å². The predicted molar refractivity (Wildman–Crippen MR) is 70.3 cm³/mol. The highest BCUT2D eigenvalue weighted by molar-refractivity contribution is 5.92. The minimum atomic E-state index is -0.233. The maximum absolute atomic E-state index is 11.6. The standard InChI is InChI=1S/C13H11N5O/c14-8-10-4-3-6-12(17-10)16-9-13(19)18-11-5-1-2-7-15-11/h1-7H,9H2,(H,16,17)(H,15,18,19). The van der Waals surface area contributed by atoms with Crippen LogP contribution in [-0.4, -0.2) is 22.4 Å². The monoisotopic (exact) mass is 253 g/mol. The Labute approximate surface area is 110 Å². The molecule has 0 aromatic carbocycles. The normalized spacial score (nSPS) is 9.42. The molecule has 1 amide bonds. The van der Waals surface area contributed by atoms with Crippen molar-refractivity contribution in [1.29, 1.82) is 5.26 Å². The second kappa shape index (κ2) is 6.12. The van der Waals surface area contributed by atoms with Crippen molar-refractivity contribution in [2.45, 2.75) is 0 Å². The van der Waals surface area contributed by atoms with Gasteiger partial charge >= 0.3 is 0 Å².